The van der Waals surface area contributed by atoms with Crippen LogP contribution in [0.25, 0.3) is 0 Å². The highest BCUT2D eigenvalue weighted by Crippen LogP contribution is 2.29. The van der Waals surface area contributed by atoms with Crippen molar-refractivity contribution in [1.82, 2.24) is 19.5 Å². The van der Waals surface area contributed by atoms with Gasteiger partial charge in [0.05, 0.1) is 11.3 Å². The number of benzene rings is 1. The molecule has 3 aromatic rings. The predicted molar refractivity (Wildman–Crippen MR) is 103 cm³/mol. The molecule has 0 saturated carbocycles. The molecular formula is C18H21N7O2. The van der Waals surface area contributed by atoms with Gasteiger partial charge < -0.3 is 15.2 Å². The largest absolute Gasteiger partial charge is 0.364 e. The minimum Gasteiger partial charge on any atom is -0.364 e. The molecule has 0 atom stereocenters. The standard InChI is InChI=1S/C18H21N7O2/c1-14-3-5-15(6-4-14)11-21-18-16(25(26)27)17(22-12-23-18)20-7-2-9-24-10-8-19-13-24/h3-6,8,10,12-13H,2,7,9,11H2,1H3,(H2,20,21,22,23). The third-order valence-corrected chi connectivity index (χ3v) is 4.03. The lowest BCUT2D eigenvalue weighted by Crippen LogP contribution is -2.12. The van der Waals surface area contributed by atoms with Crippen LogP contribution in [0.2, 0.25) is 0 Å². The van der Waals surface area contributed by atoms with Crippen LogP contribution in [0.1, 0.15) is 17.5 Å². The number of aromatic nitrogens is 4. The maximum Gasteiger partial charge on any atom is 0.353 e. The van der Waals surface area contributed by atoms with Crippen molar-refractivity contribution in [3.63, 3.8) is 0 Å². The average molecular weight is 367 g/mol. The molecule has 0 aliphatic rings. The van der Waals surface area contributed by atoms with Crippen molar-refractivity contribution >= 4 is 17.3 Å². The Labute approximate surface area is 156 Å². The van der Waals surface area contributed by atoms with Crippen molar-refractivity contribution < 1.29 is 4.92 Å². The van der Waals surface area contributed by atoms with Crippen LogP contribution in [-0.2, 0) is 13.1 Å². The van der Waals surface area contributed by atoms with Crippen LogP contribution in [0.15, 0.2) is 49.3 Å². The van der Waals surface area contributed by atoms with Crippen molar-refractivity contribution in [2.75, 3.05) is 17.2 Å². The lowest BCUT2D eigenvalue weighted by atomic mass is 10.1. The van der Waals surface area contributed by atoms with Crippen LogP contribution in [-0.4, -0.2) is 31.0 Å². The van der Waals surface area contributed by atoms with E-state index in [1.165, 1.54) is 6.33 Å². The van der Waals surface area contributed by atoms with Gasteiger partial charge in [0.25, 0.3) is 0 Å². The molecule has 140 valence electrons. The molecule has 0 aliphatic heterocycles. The molecule has 0 fully saturated rings. The summed E-state index contributed by atoms with van der Waals surface area (Å²) in [6.07, 6.45) is 7.43. The second kappa shape index (κ2) is 8.75. The van der Waals surface area contributed by atoms with E-state index < -0.39 is 4.92 Å². The number of nitrogens with zero attached hydrogens (tertiary/aromatic N) is 5. The fourth-order valence-electron chi connectivity index (χ4n) is 2.59. The second-order valence-electron chi connectivity index (χ2n) is 6.10. The summed E-state index contributed by atoms with van der Waals surface area (Å²) in [5.41, 5.74) is 2.03. The van der Waals surface area contributed by atoms with Gasteiger partial charge in [-0.05, 0) is 18.9 Å². The van der Waals surface area contributed by atoms with Crippen LogP contribution in [0.4, 0.5) is 17.3 Å². The number of hydrogen-bond donors (Lipinski definition) is 2. The first-order valence-corrected chi connectivity index (χ1v) is 8.62. The Morgan fingerprint density at radius 2 is 1.89 bits per heavy atom. The van der Waals surface area contributed by atoms with Gasteiger partial charge in [-0.15, -0.1) is 0 Å². The topological polar surface area (TPSA) is 111 Å². The summed E-state index contributed by atoms with van der Waals surface area (Å²) in [4.78, 5) is 23.2. The van der Waals surface area contributed by atoms with E-state index in [4.69, 9.17) is 0 Å². The molecule has 0 saturated heterocycles. The fraction of sp³-hybridized carbons (Fsp3) is 0.278. The lowest BCUT2D eigenvalue weighted by molar-refractivity contribution is -0.383. The number of hydrogen-bond acceptors (Lipinski definition) is 7. The molecular weight excluding hydrogens is 346 g/mol. The van der Waals surface area contributed by atoms with E-state index in [9.17, 15) is 10.1 Å². The van der Waals surface area contributed by atoms with Gasteiger partial charge in [-0.1, -0.05) is 29.8 Å². The Bertz CT molecular complexity index is 879. The number of rotatable bonds is 9. The van der Waals surface area contributed by atoms with Crippen molar-refractivity contribution in [2.45, 2.75) is 26.4 Å². The molecule has 0 radical (unpaired) electrons. The third-order valence-electron chi connectivity index (χ3n) is 4.03. The van der Waals surface area contributed by atoms with Gasteiger partial charge in [-0.25, -0.2) is 15.0 Å². The normalized spacial score (nSPS) is 10.6. The molecule has 2 N–H and O–H groups in total. The SMILES string of the molecule is Cc1ccc(CNc2ncnc(NCCCn3ccnc3)c2[N+](=O)[O-])cc1. The molecule has 9 heteroatoms. The Balaban J connectivity index is 1.64. The van der Waals surface area contributed by atoms with Crippen LogP contribution >= 0.6 is 0 Å². The van der Waals surface area contributed by atoms with E-state index in [1.54, 1.807) is 12.5 Å². The molecule has 9 nitrogen and oxygen atoms in total. The van der Waals surface area contributed by atoms with Gasteiger partial charge in [0, 0.05) is 32.0 Å². The second-order valence-corrected chi connectivity index (χ2v) is 6.10. The number of nitro groups is 1. The summed E-state index contributed by atoms with van der Waals surface area (Å²) in [7, 11) is 0. The first-order valence-electron chi connectivity index (χ1n) is 8.62. The van der Waals surface area contributed by atoms with E-state index in [-0.39, 0.29) is 17.3 Å². The van der Waals surface area contributed by atoms with Crippen LogP contribution in [0.5, 0.6) is 0 Å². The average Bonchev–Trinajstić information content (AvgIpc) is 3.18. The predicted octanol–water partition coefficient (Wildman–Crippen LogP) is 3.00. The Morgan fingerprint density at radius 3 is 2.56 bits per heavy atom. The van der Waals surface area contributed by atoms with Gasteiger partial charge >= 0.3 is 5.69 Å². The summed E-state index contributed by atoms with van der Waals surface area (Å²) in [5.74, 6) is 0.416. The molecule has 2 heterocycles. The lowest BCUT2D eigenvalue weighted by Gasteiger charge is -2.10. The maximum atomic E-state index is 11.6. The van der Waals surface area contributed by atoms with Crippen LogP contribution in [0.3, 0.4) is 0 Å². The Hall–Kier alpha value is -3.49. The molecule has 0 spiro atoms. The fourth-order valence-corrected chi connectivity index (χ4v) is 2.59. The van der Waals surface area contributed by atoms with Crippen LogP contribution in [0, 0.1) is 17.0 Å². The number of imidazole rings is 1. The first kappa shape index (κ1) is 18.3. The van der Waals surface area contributed by atoms with Gasteiger partial charge in [-0.2, -0.15) is 0 Å². The van der Waals surface area contributed by atoms with E-state index in [0.29, 0.717) is 13.1 Å². The smallest absolute Gasteiger partial charge is 0.353 e. The zero-order valence-electron chi connectivity index (χ0n) is 15.0. The first-order chi connectivity index (χ1) is 13.1. The highest BCUT2D eigenvalue weighted by molar-refractivity contribution is 5.69. The highest BCUT2D eigenvalue weighted by atomic mass is 16.6. The summed E-state index contributed by atoms with van der Waals surface area (Å²) in [6, 6.07) is 7.95. The number of nitrogens with one attached hydrogen (secondary N) is 2. The summed E-state index contributed by atoms with van der Waals surface area (Å²) < 4.78 is 1.95. The summed E-state index contributed by atoms with van der Waals surface area (Å²) >= 11 is 0. The molecule has 3 rings (SSSR count). The molecule has 0 bridgehead atoms. The maximum absolute atomic E-state index is 11.6. The molecule has 0 unspecified atom stereocenters. The van der Waals surface area contributed by atoms with E-state index in [0.717, 1.165) is 24.1 Å². The zero-order chi connectivity index (χ0) is 19.1. The molecule has 27 heavy (non-hydrogen) atoms. The van der Waals surface area contributed by atoms with Gasteiger partial charge in [0.1, 0.15) is 6.33 Å². The van der Waals surface area contributed by atoms with Crippen molar-refractivity contribution in [1.29, 1.82) is 0 Å². The monoisotopic (exact) mass is 367 g/mol. The highest BCUT2D eigenvalue weighted by Gasteiger charge is 2.22. The van der Waals surface area contributed by atoms with Crippen molar-refractivity contribution in [3.05, 3.63) is 70.6 Å². The Kier molecular flexibility index (Phi) is 5.93. The molecule has 1 aromatic carbocycles. The van der Waals surface area contributed by atoms with E-state index in [2.05, 4.69) is 25.6 Å². The summed E-state index contributed by atoms with van der Waals surface area (Å²) in [5, 5.41) is 17.6. The van der Waals surface area contributed by atoms with Gasteiger partial charge in [-0.3, -0.25) is 10.1 Å². The molecule has 0 aliphatic carbocycles. The minimum atomic E-state index is -0.463. The van der Waals surface area contributed by atoms with Gasteiger partial charge in [0.2, 0.25) is 11.6 Å². The number of aryl methyl sites for hydroxylation is 2. The number of anilines is 2. The van der Waals surface area contributed by atoms with Gasteiger partial charge in [0.15, 0.2) is 0 Å². The quantitative estimate of drug-likeness (QED) is 0.340. The molecule has 0 amide bonds. The van der Waals surface area contributed by atoms with Crippen molar-refractivity contribution in [3.8, 4) is 0 Å². The third kappa shape index (κ3) is 5.00. The zero-order valence-corrected chi connectivity index (χ0v) is 15.0. The molecule has 2 aromatic heterocycles. The van der Waals surface area contributed by atoms with E-state index in [1.807, 2.05) is 42.0 Å². The summed E-state index contributed by atoms with van der Waals surface area (Å²) in [6.45, 7) is 3.77. The Morgan fingerprint density at radius 1 is 1.15 bits per heavy atom. The van der Waals surface area contributed by atoms with Crippen LogP contribution < -0.4 is 10.6 Å². The van der Waals surface area contributed by atoms with Crippen molar-refractivity contribution in [2.24, 2.45) is 0 Å². The van der Waals surface area contributed by atoms with E-state index >= 15 is 0 Å². The minimum absolute atomic E-state index is 0.146.